The van der Waals surface area contributed by atoms with Crippen LogP contribution in [0.25, 0.3) is 0 Å². The molecule has 0 saturated heterocycles. The number of pyridine rings is 1. The molecule has 0 aliphatic carbocycles. The summed E-state index contributed by atoms with van der Waals surface area (Å²) >= 11 is 3.32. The maximum Gasteiger partial charge on any atom is 0.345 e. The van der Waals surface area contributed by atoms with E-state index in [1.54, 1.807) is 19.4 Å². The number of hydrogen-bond acceptors (Lipinski definition) is 3. The highest BCUT2D eigenvalue weighted by atomic mass is 79.9. The number of aryl methyl sites for hydroxylation is 1. The molecule has 0 saturated carbocycles. The molecule has 6 heteroatoms. The topological polar surface area (TPSA) is 52.7 Å². The quantitative estimate of drug-likeness (QED) is 0.809. The number of halogens is 1. The smallest absolute Gasteiger partial charge is 0.285 e. The summed E-state index contributed by atoms with van der Waals surface area (Å²) in [6.07, 6.45) is 4.91. The summed E-state index contributed by atoms with van der Waals surface area (Å²) in [5.41, 5.74) is 0.806. The molecule has 2 heterocycles. The standard InChI is InChI=1S/C9H9BrN4O/c1-13-6-12-14(9(13)15)5-7-2-8(10)4-11-3-7/h2-4,6H,5H2,1H3. The van der Waals surface area contributed by atoms with Gasteiger partial charge in [-0.2, -0.15) is 5.10 Å². The van der Waals surface area contributed by atoms with E-state index in [0.29, 0.717) is 6.54 Å². The molecule has 0 bridgehead atoms. The van der Waals surface area contributed by atoms with Crippen molar-refractivity contribution in [2.75, 3.05) is 0 Å². The van der Waals surface area contributed by atoms with Crippen LogP contribution in [0.3, 0.4) is 0 Å². The van der Waals surface area contributed by atoms with Gasteiger partial charge in [0, 0.05) is 23.9 Å². The van der Waals surface area contributed by atoms with Crippen LogP contribution in [-0.2, 0) is 13.6 Å². The Hall–Kier alpha value is -1.43. The third-order valence-electron chi connectivity index (χ3n) is 1.98. The third kappa shape index (κ3) is 2.15. The first-order valence-corrected chi connectivity index (χ1v) is 5.14. The van der Waals surface area contributed by atoms with Crippen molar-refractivity contribution in [1.82, 2.24) is 19.3 Å². The van der Waals surface area contributed by atoms with Crippen molar-refractivity contribution in [1.29, 1.82) is 0 Å². The molecular formula is C9H9BrN4O. The minimum absolute atomic E-state index is 0.130. The second-order valence-electron chi connectivity index (χ2n) is 3.19. The lowest BCUT2D eigenvalue weighted by Crippen LogP contribution is -2.23. The van der Waals surface area contributed by atoms with Gasteiger partial charge in [-0.25, -0.2) is 9.48 Å². The Labute approximate surface area is 94.5 Å². The van der Waals surface area contributed by atoms with Crippen molar-refractivity contribution in [3.63, 3.8) is 0 Å². The predicted molar refractivity (Wildman–Crippen MR) is 58.5 cm³/mol. The fourth-order valence-corrected chi connectivity index (χ4v) is 1.66. The first kappa shape index (κ1) is 10.1. The minimum atomic E-state index is -0.130. The largest absolute Gasteiger partial charge is 0.345 e. The fourth-order valence-electron chi connectivity index (χ4n) is 1.24. The number of hydrogen-bond donors (Lipinski definition) is 0. The van der Waals surface area contributed by atoms with Crippen molar-refractivity contribution in [2.24, 2.45) is 7.05 Å². The monoisotopic (exact) mass is 268 g/mol. The maximum atomic E-state index is 11.5. The first-order chi connectivity index (χ1) is 7.16. The summed E-state index contributed by atoms with van der Waals surface area (Å²) in [6.45, 7) is 0.437. The molecule has 2 aromatic rings. The zero-order valence-electron chi connectivity index (χ0n) is 8.09. The average Bonchev–Trinajstić information content (AvgIpc) is 2.50. The Morgan fingerprint density at radius 1 is 1.47 bits per heavy atom. The lowest BCUT2D eigenvalue weighted by Gasteiger charge is -1.99. The Bertz CT molecular complexity index is 531. The molecule has 0 radical (unpaired) electrons. The molecule has 5 nitrogen and oxygen atoms in total. The first-order valence-electron chi connectivity index (χ1n) is 4.34. The van der Waals surface area contributed by atoms with Gasteiger partial charge in [-0.15, -0.1) is 0 Å². The van der Waals surface area contributed by atoms with Gasteiger partial charge in [0.2, 0.25) is 0 Å². The Balaban J connectivity index is 2.30. The van der Waals surface area contributed by atoms with Crippen LogP contribution in [0, 0.1) is 0 Å². The van der Waals surface area contributed by atoms with Crippen LogP contribution in [0.4, 0.5) is 0 Å². The lowest BCUT2D eigenvalue weighted by molar-refractivity contribution is 0.645. The van der Waals surface area contributed by atoms with Crippen molar-refractivity contribution >= 4 is 15.9 Å². The normalized spacial score (nSPS) is 10.5. The highest BCUT2D eigenvalue weighted by Gasteiger charge is 2.02. The van der Waals surface area contributed by atoms with Crippen molar-refractivity contribution in [2.45, 2.75) is 6.54 Å². The zero-order chi connectivity index (χ0) is 10.8. The van der Waals surface area contributed by atoms with Crippen LogP contribution in [0.1, 0.15) is 5.56 Å². The highest BCUT2D eigenvalue weighted by Crippen LogP contribution is 2.09. The van der Waals surface area contributed by atoms with Gasteiger partial charge in [0.05, 0.1) is 6.54 Å². The summed E-state index contributed by atoms with van der Waals surface area (Å²) in [7, 11) is 1.67. The SMILES string of the molecule is Cn1cnn(Cc2cncc(Br)c2)c1=O. The molecule has 2 rings (SSSR count). The summed E-state index contributed by atoms with van der Waals surface area (Å²) in [6, 6.07) is 1.91. The number of nitrogens with zero attached hydrogens (tertiary/aromatic N) is 4. The zero-order valence-corrected chi connectivity index (χ0v) is 9.68. The molecule has 0 spiro atoms. The molecule has 0 unspecified atom stereocenters. The van der Waals surface area contributed by atoms with Gasteiger partial charge in [0.25, 0.3) is 0 Å². The predicted octanol–water partition coefficient (Wildman–Crippen LogP) is 0.788. The Morgan fingerprint density at radius 3 is 2.87 bits per heavy atom. The van der Waals surface area contributed by atoms with Crippen molar-refractivity contribution in [3.05, 3.63) is 45.3 Å². The van der Waals surface area contributed by atoms with Gasteiger partial charge in [-0.1, -0.05) is 0 Å². The van der Waals surface area contributed by atoms with E-state index in [2.05, 4.69) is 26.0 Å². The Morgan fingerprint density at radius 2 is 2.27 bits per heavy atom. The molecule has 0 atom stereocenters. The van der Waals surface area contributed by atoms with Gasteiger partial charge in [-0.05, 0) is 27.6 Å². The van der Waals surface area contributed by atoms with E-state index in [1.807, 2.05) is 6.07 Å². The van der Waals surface area contributed by atoms with Crippen LogP contribution in [0.2, 0.25) is 0 Å². The second kappa shape index (κ2) is 3.98. The van der Waals surface area contributed by atoms with Crippen LogP contribution in [0.15, 0.2) is 34.1 Å². The van der Waals surface area contributed by atoms with Gasteiger partial charge >= 0.3 is 5.69 Å². The van der Waals surface area contributed by atoms with Crippen molar-refractivity contribution < 1.29 is 0 Å². The van der Waals surface area contributed by atoms with Crippen molar-refractivity contribution in [3.8, 4) is 0 Å². The Kier molecular flexibility index (Phi) is 2.68. The molecule has 15 heavy (non-hydrogen) atoms. The van der Waals surface area contributed by atoms with Crippen LogP contribution in [-0.4, -0.2) is 19.3 Å². The molecule has 2 aromatic heterocycles. The van der Waals surface area contributed by atoms with Gasteiger partial charge < -0.3 is 0 Å². The summed E-state index contributed by atoms with van der Waals surface area (Å²) < 4.78 is 3.72. The molecule has 78 valence electrons. The van der Waals surface area contributed by atoms with E-state index >= 15 is 0 Å². The van der Waals surface area contributed by atoms with E-state index in [1.165, 1.54) is 15.6 Å². The summed E-state index contributed by atoms with van der Waals surface area (Å²) in [4.78, 5) is 15.5. The minimum Gasteiger partial charge on any atom is -0.285 e. The maximum absolute atomic E-state index is 11.5. The van der Waals surface area contributed by atoms with Gasteiger partial charge in [-0.3, -0.25) is 9.55 Å². The lowest BCUT2D eigenvalue weighted by atomic mass is 10.3. The number of aromatic nitrogens is 4. The second-order valence-corrected chi connectivity index (χ2v) is 4.11. The number of rotatable bonds is 2. The molecule has 0 N–H and O–H groups in total. The average molecular weight is 269 g/mol. The van der Waals surface area contributed by atoms with Crippen LogP contribution >= 0.6 is 15.9 Å². The fraction of sp³-hybridized carbons (Fsp3) is 0.222. The molecular weight excluding hydrogens is 260 g/mol. The van der Waals surface area contributed by atoms with E-state index in [0.717, 1.165) is 10.0 Å². The van der Waals surface area contributed by atoms with E-state index < -0.39 is 0 Å². The van der Waals surface area contributed by atoms with Crippen LogP contribution in [0.5, 0.6) is 0 Å². The molecule has 0 aromatic carbocycles. The third-order valence-corrected chi connectivity index (χ3v) is 2.41. The van der Waals surface area contributed by atoms with E-state index in [9.17, 15) is 4.79 Å². The van der Waals surface area contributed by atoms with Gasteiger partial charge in [0.15, 0.2) is 0 Å². The molecule has 0 aliphatic heterocycles. The van der Waals surface area contributed by atoms with E-state index in [-0.39, 0.29) is 5.69 Å². The summed E-state index contributed by atoms with van der Waals surface area (Å²) in [5.74, 6) is 0. The van der Waals surface area contributed by atoms with E-state index in [4.69, 9.17) is 0 Å². The highest BCUT2D eigenvalue weighted by molar-refractivity contribution is 9.10. The molecule has 0 fully saturated rings. The summed E-state index contributed by atoms with van der Waals surface area (Å²) in [5, 5.41) is 3.96. The van der Waals surface area contributed by atoms with Crippen LogP contribution < -0.4 is 5.69 Å². The molecule has 0 amide bonds. The molecule has 0 aliphatic rings. The van der Waals surface area contributed by atoms with Gasteiger partial charge in [0.1, 0.15) is 6.33 Å².